The number of esters is 1. The number of carbonyl (C=O) groups is 3. The fourth-order valence-electron chi connectivity index (χ4n) is 2.72. The van der Waals surface area contributed by atoms with Crippen molar-refractivity contribution in [2.75, 3.05) is 26.2 Å². The minimum atomic E-state index is -1.06. The summed E-state index contributed by atoms with van der Waals surface area (Å²) in [6, 6.07) is 6.24. The highest BCUT2D eigenvalue weighted by atomic mass is 16.5. The lowest BCUT2D eigenvalue weighted by molar-refractivity contribution is 0.0526. The van der Waals surface area contributed by atoms with E-state index in [-0.39, 0.29) is 19.6 Å². The topological polar surface area (TPSA) is 107 Å². The molecule has 8 nitrogen and oxygen atoms in total. The van der Waals surface area contributed by atoms with E-state index in [0.29, 0.717) is 18.6 Å². The average molecular weight is 336 g/mol. The monoisotopic (exact) mass is 336 g/mol. The molecule has 0 unspecified atom stereocenters. The van der Waals surface area contributed by atoms with Crippen molar-refractivity contribution < 1.29 is 29.3 Å². The van der Waals surface area contributed by atoms with E-state index >= 15 is 0 Å². The summed E-state index contributed by atoms with van der Waals surface area (Å²) < 4.78 is 4.91. The van der Waals surface area contributed by atoms with Gasteiger partial charge >= 0.3 is 18.2 Å². The second-order valence-corrected chi connectivity index (χ2v) is 5.48. The van der Waals surface area contributed by atoms with Gasteiger partial charge in [-0.3, -0.25) is 0 Å². The predicted molar refractivity (Wildman–Crippen MR) is 84.2 cm³/mol. The first-order valence-electron chi connectivity index (χ1n) is 7.66. The lowest BCUT2D eigenvalue weighted by atomic mass is 10.0. The maximum atomic E-state index is 11.6. The molecule has 0 bridgehead atoms. The minimum absolute atomic E-state index is 0.126. The van der Waals surface area contributed by atoms with Crippen LogP contribution in [0.25, 0.3) is 0 Å². The zero-order valence-electron chi connectivity index (χ0n) is 13.3. The van der Waals surface area contributed by atoms with Crippen LogP contribution in [0.4, 0.5) is 9.59 Å². The van der Waals surface area contributed by atoms with Gasteiger partial charge in [-0.05, 0) is 31.0 Å². The highest BCUT2D eigenvalue weighted by Crippen LogP contribution is 2.16. The van der Waals surface area contributed by atoms with Crippen LogP contribution < -0.4 is 0 Å². The highest BCUT2D eigenvalue weighted by Gasteiger charge is 2.32. The van der Waals surface area contributed by atoms with E-state index in [0.717, 1.165) is 5.56 Å². The smallest absolute Gasteiger partial charge is 0.407 e. The molecule has 2 rings (SSSR count). The van der Waals surface area contributed by atoms with E-state index in [2.05, 4.69) is 0 Å². The third-order valence-electron chi connectivity index (χ3n) is 3.94. The van der Waals surface area contributed by atoms with Gasteiger partial charge in [0.25, 0.3) is 0 Å². The number of carboxylic acid groups (broad SMARTS) is 2. The van der Waals surface area contributed by atoms with Gasteiger partial charge in [0.15, 0.2) is 0 Å². The molecule has 1 aliphatic heterocycles. The Morgan fingerprint density at radius 1 is 1.12 bits per heavy atom. The molecule has 2 amide bonds. The van der Waals surface area contributed by atoms with Gasteiger partial charge in [-0.25, -0.2) is 14.4 Å². The van der Waals surface area contributed by atoms with Crippen LogP contribution in [0.15, 0.2) is 24.3 Å². The lowest BCUT2D eigenvalue weighted by Gasteiger charge is -2.38. The summed E-state index contributed by atoms with van der Waals surface area (Å²) in [4.78, 5) is 36.6. The molecular weight excluding hydrogens is 316 g/mol. The van der Waals surface area contributed by atoms with Crippen molar-refractivity contribution in [1.82, 2.24) is 9.80 Å². The molecule has 1 fully saturated rings. The van der Waals surface area contributed by atoms with Crippen LogP contribution >= 0.6 is 0 Å². The number of carbonyl (C=O) groups excluding carboxylic acids is 1. The third-order valence-corrected chi connectivity index (χ3v) is 3.94. The number of nitrogens with zero attached hydrogens (tertiary/aromatic N) is 2. The van der Waals surface area contributed by atoms with Gasteiger partial charge in [0.05, 0.1) is 18.2 Å². The minimum Gasteiger partial charge on any atom is -0.465 e. The molecule has 1 aliphatic rings. The van der Waals surface area contributed by atoms with Crippen LogP contribution in [0.1, 0.15) is 22.8 Å². The molecule has 0 saturated carbocycles. The molecule has 0 spiro atoms. The van der Waals surface area contributed by atoms with Gasteiger partial charge in [-0.2, -0.15) is 0 Å². The van der Waals surface area contributed by atoms with Gasteiger partial charge in [0.1, 0.15) is 0 Å². The molecule has 1 heterocycles. The summed E-state index contributed by atoms with van der Waals surface area (Å²) >= 11 is 0. The molecular formula is C16H20N2O6. The zero-order chi connectivity index (χ0) is 17.7. The molecule has 1 aromatic rings. The third kappa shape index (κ3) is 4.15. The molecule has 1 aromatic carbocycles. The SMILES string of the molecule is CCOC(=O)c1ccc(C[C@@H]2CN(C(=O)O)CCN2C(=O)O)cc1. The quantitative estimate of drug-likeness (QED) is 0.811. The van der Waals surface area contributed by atoms with E-state index in [9.17, 15) is 19.5 Å². The lowest BCUT2D eigenvalue weighted by Crippen LogP contribution is -2.56. The van der Waals surface area contributed by atoms with E-state index in [4.69, 9.17) is 9.84 Å². The summed E-state index contributed by atoms with van der Waals surface area (Å²) in [6.07, 6.45) is -1.74. The molecule has 0 radical (unpaired) electrons. The molecule has 24 heavy (non-hydrogen) atoms. The molecule has 130 valence electrons. The van der Waals surface area contributed by atoms with Crippen LogP contribution in [0.3, 0.4) is 0 Å². The van der Waals surface area contributed by atoms with Gasteiger partial charge in [-0.15, -0.1) is 0 Å². The molecule has 0 aromatic heterocycles. The van der Waals surface area contributed by atoms with E-state index in [1.54, 1.807) is 31.2 Å². The summed E-state index contributed by atoms with van der Waals surface area (Å²) in [5.41, 5.74) is 1.25. The molecule has 0 aliphatic carbocycles. The van der Waals surface area contributed by atoms with Crippen molar-refractivity contribution in [2.24, 2.45) is 0 Å². The summed E-state index contributed by atoms with van der Waals surface area (Å²) in [7, 11) is 0. The van der Waals surface area contributed by atoms with Crippen molar-refractivity contribution >= 4 is 18.2 Å². The Morgan fingerprint density at radius 2 is 1.79 bits per heavy atom. The van der Waals surface area contributed by atoms with Gasteiger partial charge in [0.2, 0.25) is 0 Å². The predicted octanol–water partition coefficient (Wildman–Crippen LogP) is 1.75. The number of ether oxygens (including phenoxy) is 1. The van der Waals surface area contributed by atoms with Crippen molar-refractivity contribution in [3.8, 4) is 0 Å². The highest BCUT2D eigenvalue weighted by molar-refractivity contribution is 5.89. The van der Waals surface area contributed by atoms with Crippen LogP contribution in [0, 0.1) is 0 Å². The van der Waals surface area contributed by atoms with Crippen LogP contribution in [0.5, 0.6) is 0 Å². The Kier molecular flexibility index (Phi) is 5.62. The first kappa shape index (κ1) is 17.6. The number of rotatable bonds is 4. The Balaban J connectivity index is 2.09. The van der Waals surface area contributed by atoms with Crippen molar-refractivity contribution in [3.05, 3.63) is 35.4 Å². The van der Waals surface area contributed by atoms with Crippen LogP contribution in [-0.2, 0) is 11.2 Å². The average Bonchev–Trinajstić information content (AvgIpc) is 2.55. The number of hydrogen-bond donors (Lipinski definition) is 2. The van der Waals surface area contributed by atoms with Gasteiger partial charge in [0, 0.05) is 19.6 Å². The Bertz CT molecular complexity index is 615. The van der Waals surface area contributed by atoms with E-state index in [1.165, 1.54) is 9.80 Å². The van der Waals surface area contributed by atoms with Crippen LogP contribution in [0.2, 0.25) is 0 Å². The van der Waals surface area contributed by atoms with Crippen LogP contribution in [-0.4, -0.2) is 70.5 Å². The van der Waals surface area contributed by atoms with Gasteiger partial charge in [-0.1, -0.05) is 12.1 Å². The molecule has 1 saturated heterocycles. The second-order valence-electron chi connectivity index (χ2n) is 5.48. The first-order chi connectivity index (χ1) is 11.4. The summed E-state index contributed by atoms with van der Waals surface area (Å²) in [5, 5.41) is 18.4. The van der Waals surface area contributed by atoms with Crippen molar-refractivity contribution in [2.45, 2.75) is 19.4 Å². The number of hydrogen-bond acceptors (Lipinski definition) is 4. The normalized spacial score (nSPS) is 17.5. The first-order valence-corrected chi connectivity index (χ1v) is 7.66. The molecule has 8 heteroatoms. The standard InChI is InChI=1S/C16H20N2O6/c1-2-24-14(19)12-5-3-11(4-6-12)9-13-10-17(15(20)21)7-8-18(13)16(22)23/h3-6,13H,2,7-10H2,1H3,(H,20,21)(H,22,23)/t13-/m1/s1. The largest absolute Gasteiger partial charge is 0.465 e. The fraction of sp³-hybridized carbons (Fsp3) is 0.438. The van der Waals surface area contributed by atoms with Crippen molar-refractivity contribution in [3.63, 3.8) is 0 Å². The number of benzene rings is 1. The van der Waals surface area contributed by atoms with Gasteiger partial charge < -0.3 is 24.7 Å². The van der Waals surface area contributed by atoms with E-state index < -0.39 is 24.2 Å². The maximum Gasteiger partial charge on any atom is 0.407 e. The maximum absolute atomic E-state index is 11.6. The Morgan fingerprint density at radius 3 is 2.33 bits per heavy atom. The van der Waals surface area contributed by atoms with E-state index in [1.807, 2.05) is 0 Å². The number of amides is 2. The van der Waals surface area contributed by atoms with Crippen molar-refractivity contribution in [1.29, 1.82) is 0 Å². The summed E-state index contributed by atoms with van der Waals surface area (Å²) in [6.45, 7) is 2.46. The number of piperazine rings is 1. The Labute approximate surface area is 139 Å². The zero-order valence-corrected chi connectivity index (χ0v) is 13.3. The second kappa shape index (κ2) is 7.67. The summed E-state index contributed by atoms with van der Waals surface area (Å²) in [5.74, 6) is -0.411. The molecule has 1 atom stereocenters. The Hall–Kier alpha value is -2.77. The fourth-order valence-corrected chi connectivity index (χ4v) is 2.72. The molecule has 2 N–H and O–H groups in total.